The van der Waals surface area contributed by atoms with Crippen molar-refractivity contribution in [2.45, 2.75) is 19.8 Å². The Kier molecular flexibility index (Phi) is 4.60. The van der Waals surface area contributed by atoms with Gasteiger partial charge in [0.05, 0.1) is 22.3 Å². The largest absolute Gasteiger partial charge is 0.393 e. The minimum atomic E-state index is -0.355. The van der Waals surface area contributed by atoms with E-state index in [2.05, 4.69) is 4.90 Å². The Morgan fingerprint density at radius 1 is 1.35 bits per heavy atom. The fraction of sp³-hybridized carbons (Fsp3) is 0.467. The molecule has 1 amide bonds. The second kappa shape index (κ2) is 6.22. The van der Waals surface area contributed by atoms with Crippen LogP contribution in [-0.2, 0) is 4.79 Å². The zero-order chi connectivity index (χ0) is 14.7. The van der Waals surface area contributed by atoms with Gasteiger partial charge in [-0.2, -0.15) is 0 Å². The van der Waals surface area contributed by atoms with E-state index in [1.807, 2.05) is 43.1 Å². The van der Waals surface area contributed by atoms with E-state index in [-0.39, 0.29) is 11.8 Å². The van der Waals surface area contributed by atoms with Crippen molar-refractivity contribution in [2.75, 3.05) is 29.9 Å². The third kappa shape index (κ3) is 2.77. The molecule has 0 bridgehead atoms. The molecule has 2 rings (SSSR count). The maximum absolute atomic E-state index is 12.7. The number of nitrogens with zero attached hydrogens (tertiary/aromatic N) is 2. The molecule has 0 spiro atoms. The molecule has 4 nitrogen and oxygen atoms in total. The fourth-order valence-corrected chi connectivity index (χ4v) is 2.82. The number of thiocarbonyl (C=S) groups is 1. The molecule has 1 aliphatic rings. The summed E-state index contributed by atoms with van der Waals surface area (Å²) in [5.41, 5.74) is 7.77. The Hall–Kier alpha value is -1.62. The number of fused-ring (bicyclic) bond motifs is 1. The van der Waals surface area contributed by atoms with Gasteiger partial charge in [-0.1, -0.05) is 37.7 Å². The number of benzene rings is 1. The van der Waals surface area contributed by atoms with Crippen LogP contribution in [0.25, 0.3) is 0 Å². The van der Waals surface area contributed by atoms with Gasteiger partial charge in [0, 0.05) is 20.1 Å². The van der Waals surface area contributed by atoms with E-state index in [1.165, 1.54) is 0 Å². The van der Waals surface area contributed by atoms with Crippen LogP contribution in [0.3, 0.4) is 0 Å². The molecule has 1 aromatic carbocycles. The minimum Gasteiger partial charge on any atom is -0.393 e. The molecule has 1 heterocycles. The second-order valence-electron chi connectivity index (χ2n) is 5.14. The Morgan fingerprint density at radius 3 is 2.60 bits per heavy atom. The van der Waals surface area contributed by atoms with Crippen molar-refractivity contribution in [2.24, 2.45) is 11.7 Å². The highest BCUT2D eigenvalue weighted by Gasteiger charge is 2.30. The topological polar surface area (TPSA) is 49.6 Å². The van der Waals surface area contributed by atoms with Crippen LogP contribution in [0.2, 0.25) is 0 Å². The van der Waals surface area contributed by atoms with Gasteiger partial charge >= 0.3 is 0 Å². The number of anilines is 2. The summed E-state index contributed by atoms with van der Waals surface area (Å²) in [6.45, 7) is 3.53. The SMILES string of the molecule is CCCC(C(=O)N1CCN(C)c2ccccc21)C(N)=S. The molecule has 108 valence electrons. The van der Waals surface area contributed by atoms with Gasteiger partial charge in [0.15, 0.2) is 0 Å². The first-order valence-corrected chi connectivity index (χ1v) is 7.38. The summed E-state index contributed by atoms with van der Waals surface area (Å²) in [6.07, 6.45) is 1.60. The molecule has 0 saturated heterocycles. The van der Waals surface area contributed by atoms with E-state index < -0.39 is 0 Å². The quantitative estimate of drug-likeness (QED) is 0.864. The Balaban J connectivity index is 2.31. The van der Waals surface area contributed by atoms with E-state index in [0.717, 1.165) is 24.3 Å². The molecule has 1 aliphatic heterocycles. The van der Waals surface area contributed by atoms with Crippen molar-refractivity contribution in [3.05, 3.63) is 24.3 Å². The van der Waals surface area contributed by atoms with Gasteiger partial charge in [-0.05, 0) is 18.6 Å². The first-order valence-electron chi connectivity index (χ1n) is 6.97. The number of carbonyl (C=O) groups excluding carboxylic acids is 1. The Labute approximate surface area is 125 Å². The van der Waals surface area contributed by atoms with Crippen LogP contribution in [0.5, 0.6) is 0 Å². The summed E-state index contributed by atoms with van der Waals surface area (Å²) < 4.78 is 0. The lowest BCUT2D eigenvalue weighted by Gasteiger charge is -2.37. The normalized spacial score (nSPS) is 15.7. The molecule has 5 heteroatoms. The van der Waals surface area contributed by atoms with Gasteiger partial charge in [0.2, 0.25) is 5.91 Å². The smallest absolute Gasteiger partial charge is 0.237 e. The lowest BCUT2D eigenvalue weighted by Crippen LogP contribution is -2.47. The van der Waals surface area contributed by atoms with E-state index in [0.29, 0.717) is 18.0 Å². The second-order valence-corrected chi connectivity index (χ2v) is 5.62. The molecule has 1 atom stereocenters. The molecular weight excluding hydrogens is 270 g/mol. The fourth-order valence-electron chi connectivity index (χ4n) is 2.60. The highest BCUT2D eigenvalue weighted by Crippen LogP contribution is 2.33. The van der Waals surface area contributed by atoms with E-state index >= 15 is 0 Å². The number of amides is 1. The summed E-state index contributed by atoms with van der Waals surface area (Å²) in [5, 5.41) is 0. The summed E-state index contributed by atoms with van der Waals surface area (Å²) in [6, 6.07) is 7.95. The highest BCUT2D eigenvalue weighted by molar-refractivity contribution is 7.80. The van der Waals surface area contributed by atoms with Crippen LogP contribution in [0, 0.1) is 5.92 Å². The van der Waals surface area contributed by atoms with E-state index in [4.69, 9.17) is 18.0 Å². The zero-order valence-corrected chi connectivity index (χ0v) is 12.8. The van der Waals surface area contributed by atoms with Crippen molar-refractivity contribution >= 4 is 34.5 Å². The summed E-state index contributed by atoms with van der Waals surface area (Å²) in [5.74, 6) is -0.327. The van der Waals surface area contributed by atoms with Gasteiger partial charge in [-0.3, -0.25) is 4.79 Å². The average Bonchev–Trinajstić information content (AvgIpc) is 2.44. The van der Waals surface area contributed by atoms with Crippen molar-refractivity contribution in [1.82, 2.24) is 0 Å². The third-order valence-corrected chi connectivity index (χ3v) is 4.01. The van der Waals surface area contributed by atoms with Gasteiger partial charge in [-0.25, -0.2) is 0 Å². The number of para-hydroxylation sites is 2. The number of likely N-dealkylation sites (N-methyl/N-ethyl adjacent to an activating group) is 1. The first kappa shape index (κ1) is 14.8. The third-order valence-electron chi connectivity index (χ3n) is 3.73. The predicted molar refractivity (Wildman–Crippen MR) is 87.2 cm³/mol. The number of hydrogen-bond acceptors (Lipinski definition) is 3. The average molecular weight is 291 g/mol. The maximum atomic E-state index is 12.7. The van der Waals surface area contributed by atoms with Crippen LogP contribution in [0.4, 0.5) is 11.4 Å². The molecule has 0 saturated carbocycles. The summed E-state index contributed by atoms with van der Waals surface area (Å²) >= 11 is 5.07. The molecular formula is C15H21N3OS. The zero-order valence-electron chi connectivity index (χ0n) is 12.0. The first-order chi connectivity index (χ1) is 9.56. The molecule has 1 unspecified atom stereocenters. The number of hydrogen-bond donors (Lipinski definition) is 1. The van der Waals surface area contributed by atoms with Crippen molar-refractivity contribution in [3.8, 4) is 0 Å². The van der Waals surface area contributed by atoms with E-state index in [1.54, 1.807) is 0 Å². The van der Waals surface area contributed by atoms with Crippen LogP contribution in [0.1, 0.15) is 19.8 Å². The minimum absolute atomic E-state index is 0.0277. The molecule has 1 aromatic rings. The lowest BCUT2D eigenvalue weighted by molar-refractivity contribution is -0.120. The molecule has 0 aliphatic carbocycles. The standard InChI is InChI=1S/C15H21N3OS/c1-3-6-11(14(16)20)15(19)18-10-9-17(2)12-7-4-5-8-13(12)18/h4-5,7-8,11H,3,6,9-10H2,1-2H3,(H2,16,20). The molecule has 2 N–H and O–H groups in total. The number of carbonyl (C=O) groups is 1. The van der Waals surface area contributed by atoms with Crippen molar-refractivity contribution in [1.29, 1.82) is 0 Å². The summed E-state index contributed by atoms with van der Waals surface area (Å²) in [7, 11) is 2.04. The maximum Gasteiger partial charge on any atom is 0.237 e. The number of nitrogens with two attached hydrogens (primary N) is 1. The van der Waals surface area contributed by atoms with Crippen LogP contribution in [-0.4, -0.2) is 31.0 Å². The van der Waals surface area contributed by atoms with E-state index in [9.17, 15) is 4.79 Å². The lowest BCUT2D eigenvalue weighted by atomic mass is 10.0. The summed E-state index contributed by atoms with van der Waals surface area (Å²) in [4.78, 5) is 17.0. The van der Waals surface area contributed by atoms with Crippen LogP contribution in [0.15, 0.2) is 24.3 Å². The monoisotopic (exact) mass is 291 g/mol. The molecule has 0 aromatic heterocycles. The molecule has 0 radical (unpaired) electrons. The van der Waals surface area contributed by atoms with Gasteiger partial charge in [0.1, 0.15) is 0 Å². The number of rotatable bonds is 4. The Morgan fingerprint density at radius 2 is 2.00 bits per heavy atom. The van der Waals surface area contributed by atoms with Crippen LogP contribution >= 0.6 is 12.2 Å². The van der Waals surface area contributed by atoms with Gasteiger partial charge in [0.25, 0.3) is 0 Å². The van der Waals surface area contributed by atoms with Crippen molar-refractivity contribution in [3.63, 3.8) is 0 Å². The van der Waals surface area contributed by atoms with Gasteiger partial charge in [-0.15, -0.1) is 0 Å². The van der Waals surface area contributed by atoms with Crippen LogP contribution < -0.4 is 15.5 Å². The predicted octanol–water partition coefficient (Wildman–Crippen LogP) is 2.17. The van der Waals surface area contributed by atoms with Crippen molar-refractivity contribution < 1.29 is 4.79 Å². The molecule has 0 fully saturated rings. The molecule has 20 heavy (non-hydrogen) atoms. The Bertz CT molecular complexity index is 518. The van der Waals surface area contributed by atoms with Gasteiger partial charge < -0.3 is 15.5 Å². The highest BCUT2D eigenvalue weighted by atomic mass is 32.1.